The topological polar surface area (TPSA) is 61.8 Å². The quantitative estimate of drug-likeness (QED) is 0.575. The number of benzene rings is 1. The largest absolute Gasteiger partial charge is 0.495 e. The number of nitrogens with zero attached hydrogens (tertiary/aromatic N) is 3. The molecule has 7 heteroatoms. The van der Waals surface area contributed by atoms with Gasteiger partial charge < -0.3 is 20.3 Å². The van der Waals surface area contributed by atoms with Crippen molar-refractivity contribution in [1.29, 1.82) is 0 Å². The van der Waals surface area contributed by atoms with E-state index in [9.17, 15) is 0 Å². The van der Waals surface area contributed by atoms with Crippen molar-refractivity contribution in [1.82, 2.24) is 15.6 Å². The van der Waals surface area contributed by atoms with Crippen molar-refractivity contribution in [3.05, 3.63) is 52.8 Å². The summed E-state index contributed by atoms with van der Waals surface area (Å²) in [5, 5.41) is 7.66. The van der Waals surface area contributed by atoms with Crippen LogP contribution in [0.15, 0.2) is 41.7 Å². The maximum Gasteiger partial charge on any atom is 0.191 e. The lowest BCUT2D eigenvalue weighted by molar-refractivity contribution is 0.415. The van der Waals surface area contributed by atoms with Crippen LogP contribution in [-0.2, 0) is 6.42 Å². The Hall–Kier alpha value is -2.47. The number of ether oxygens (including phenoxy) is 1. The number of guanidine groups is 1. The molecule has 0 aliphatic carbocycles. The molecule has 0 saturated carbocycles. The second-order valence-electron chi connectivity index (χ2n) is 6.94. The van der Waals surface area contributed by atoms with Crippen molar-refractivity contribution in [2.75, 3.05) is 38.7 Å². The lowest BCUT2D eigenvalue weighted by Gasteiger charge is -2.22. The van der Waals surface area contributed by atoms with Crippen molar-refractivity contribution in [2.45, 2.75) is 25.8 Å². The molecule has 1 aliphatic heterocycles. The van der Waals surface area contributed by atoms with Crippen LogP contribution in [0.2, 0.25) is 5.02 Å². The van der Waals surface area contributed by atoms with Crippen molar-refractivity contribution < 1.29 is 4.74 Å². The first kappa shape index (κ1) is 20.3. The molecule has 3 rings (SSSR count). The van der Waals surface area contributed by atoms with Gasteiger partial charge in [-0.1, -0.05) is 11.6 Å². The molecule has 1 aromatic carbocycles. The summed E-state index contributed by atoms with van der Waals surface area (Å²) in [5.41, 5.74) is 3.56. The molecule has 0 radical (unpaired) electrons. The number of nitrogens with one attached hydrogen (secondary N) is 2. The molecule has 2 heterocycles. The lowest BCUT2D eigenvalue weighted by atomic mass is 10.1. The zero-order chi connectivity index (χ0) is 19.9. The van der Waals surface area contributed by atoms with Crippen LogP contribution < -0.4 is 20.3 Å². The normalized spacial score (nSPS) is 16.9. The second kappa shape index (κ2) is 9.64. The summed E-state index contributed by atoms with van der Waals surface area (Å²) in [4.78, 5) is 10.8. The Morgan fingerprint density at radius 3 is 3.00 bits per heavy atom. The van der Waals surface area contributed by atoms with E-state index in [4.69, 9.17) is 16.3 Å². The summed E-state index contributed by atoms with van der Waals surface area (Å²) in [5.74, 6) is 1.68. The van der Waals surface area contributed by atoms with Gasteiger partial charge in [-0.25, -0.2) is 0 Å². The molecule has 6 nitrogen and oxygen atoms in total. The molecule has 2 aromatic rings. The van der Waals surface area contributed by atoms with Crippen LogP contribution >= 0.6 is 11.6 Å². The molecule has 150 valence electrons. The lowest BCUT2D eigenvalue weighted by Crippen LogP contribution is -2.45. The number of anilines is 1. The molecule has 0 amide bonds. The van der Waals surface area contributed by atoms with E-state index in [-0.39, 0.29) is 0 Å². The smallest absolute Gasteiger partial charge is 0.191 e. The first-order valence-corrected chi connectivity index (χ1v) is 9.93. The Balaban J connectivity index is 1.52. The fourth-order valence-electron chi connectivity index (χ4n) is 3.49. The van der Waals surface area contributed by atoms with Gasteiger partial charge in [-0.15, -0.1) is 0 Å². The Morgan fingerprint density at radius 1 is 1.39 bits per heavy atom. The highest BCUT2D eigenvalue weighted by atomic mass is 35.5. The van der Waals surface area contributed by atoms with Crippen LogP contribution in [0.3, 0.4) is 0 Å². The van der Waals surface area contributed by atoms with Gasteiger partial charge in [-0.3, -0.25) is 9.98 Å². The van der Waals surface area contributed by atoms with Crippen LogP contribution in [-0.4, -0.2) is 50.8 Å². The fraction of sp³-hybridized carbons (Fsp3) is 0.429. The molecular formula is C21H28ClN5O. The number of aromatic nitrogens is 1. The SMILES string of the molecule is CN=C(NCCc1ccncc1C)NC1CCN(c2cc(Cl)ccc2OC)C1. The molecule has 1 aliphatic rings. The minimum atomic E-state index is 0.317. The third kappa shape index (κ3) is 5.07. The van der Waals surface area contributed by atoms with Crippen LogP contribution in [0.1, 0.15) is 17.5 Å². The van der Waals surface area contributed by atoms with Gasteiger partial charge >= 0.3 is 0 Å². The van der Waals surface area contributed by atoms with Gasteiger partial charge in [0.2, 0.25) is 0 Å². The third-order valence-electron chi connectivity index (χ3n) is 5.06. The predicted octanol–water partition coefficient (Wildman–Crippen LogP) is 3.04. The number of pyridine rings is 1. The Bertz CT molecular complexity index is 826. The first-order valence-electron chi connectivity index (χ1n) is 9.56. The average Bonchev–Trinajstić information content (AvgIpc) is 3.17. The molecule has 1 fully saturated rings. The average molecular weight is 402 g/mol. The van der Waals surface area contributed by atoms with Crippen LogP contribution in [0.5, 0.6) is 5.75 Å². The Morgan fingerprint density at radius 2 is 2.25 bits per heavy atom. The number of rotatable bonds is 6. The van der Waals surface area contributed by atoms with E-state index >= 15 is 0 Å². The van der Waals surface area contributed by atoms with Crippen molar-refractivity contribution >= 4 is 23.2 Å². The minimum absolute atomic E-state index is 0.317. The minimum Gasteiger partial charge on any atom is -0.495 e. The first-order chi connectivity index (χ1) is 13.6. The van der Waals surface area contributed by atoms with E-state index in [1.807, 2.05) is 30.6 Å². The molecular weight excluding hydrogens is 374 g/mol. The highest BCUT2D eigenvalue weighted by Gasteiger charge is 2.25. The number of methoxy groups -OCH3 is 1. The zero-order valence-electron chi connectivity index (χ0n) is 16.7. The standard InChI is InChI=1S/C21H28ClN5O/c1-15-13-24-9-6-16(15)7-10-25-21(23-2)26-18-8-11-27(14-18)19-12-17(22)4-5-20(19)28-3/h4-6,9,12-13,18H,7-8,10-11,14H2,1-3H3,(H2,23,25,26). The van der Waals surface area contributed by atoms with E-state index in [0.717, 1.165) is 54.9 Å². The van der Waals surface area contributed by atoms with Gasteiger partial charge in [0.25, 0.3) is 0 Å². The Labute approximate surface area is 172 Å². The van der Waals surface area contributed by atoms with E-state index in [1.165, 1.54) is 11.1 Å². The maximum absolute atomic E-state index is 6.18. The molecule has 1 atom stereocenters. The number of aryl methyl sites for hydroxylation is 1. The zero-order valence-corrected chi connectivity index (χ0v) is 17.5. The highest BCUT2D eigenvalue weighted by molar-refractivity contribution is 6.30. The van der Waals surface area contributed by atoms with E-state index in [0.29, 0.717) is 6.04 Å². The maximum atomic E-state index is 6.18. The van der Waals surface area contributed by atoms with Gasteiger partial charge in [-0.2, -0.15) is 0 Å². The molecule has 28 heavy (non-hydrogen) atoms. The molecule has 1 aromatic heterocycles. The summed E-state index contributed by atoms with van der Waals surface area (Å²) < 4.78 is 5.49. The highest BCUT2D eigenvalue weighted by Crippen LogP contribution is 2.33. The van der Waals surface area contributed by atoms with E-state index in [2.05, 4.69) is 38.5 Å². The number of hydrogen-bond donors (Lipinski definition) is 2. The fourth-order valence-corrected chi connectivity index (χ4v) is 3.66. The molecule has 1 saturated heterocycles. The number of aliphatic imine (C=N–C) groups is 1. The third-order valence-corrected chi connectivity index (χ3v) is 5.29. The van der Waals surface area contributed by atoms with Crippen molar-refractivity contribution in [3.8, 4) is 5.75 Å². The molecule has 0 spiro atoms. The number of halogens is 1. The molecule has 0 bridgehead atoms. The van der Waals surface area contributed by atoms with Crippen LogP contribution in [0.25, 0.3) is 0 Å². The molecule has 1 unspecified atom stereocenters. The summed E-state index contributed by atoms with van der Waals surface area (Å²) in [6.07, 6.45) is 5.71. The second-order valence-corrected chi connectivity index (χ2v) is 7.38. The van der Waals surface area contributed by atoms with Gasteiger partial charge in [0, 0.05) is 50.1 Å². The summed E-state index contributed by atoms with van der Waals surface area (Å²) >= 11 is 6.18. The van der Waals surface area contributed by atoms with E-state index < -0.39 is 0 Å². The van der Waals surface area contributed by atoms with Gasteiger partial charge in [0.1, 0.15) is 5.75 Å². The van der Waals surface area contributed by atoms with E-state index in [1.54, 1.807) is 14.2 Å². The Kier molecular flexibility index (Phi) is 6.98. The number of hydrogen-bond acceptors (Lipinski definition) is 4. The van der Waals surface area contributed by atoms with Crippen LogP contribution in [0, 0.1) is 6.92 Å². The monoisotopic (exact) mass is 401 g/mol. The molecule has 2 N–H and O–H groups in total. The van der Waals surface area contributed by atoms with Gasteiger partial charge in [0.05, 0.1) is 12.8 Å². The van der Waals surface area contributed by atoms with Crippen molar-refractivity contribution in [2.24, 2.45) is 4.99 Å². The van der Waals surface area contributed by atoms with Gasteiger partial charge in [0.15, 0.2) is 5.96 Å². The van der Waals surface area contributed by atoms with Crippen molar-refractivity contribution in [3.63, 3.8) is 0 Å². The summed E-state index contributed by atoms with van der Waals surface area (Å²) in [7, 11) is 3.49. The summed E-state index contributed by atoms with van der Waals surface area (Å²) in [6.45, 7) is 4.73. The van der Waals surface area contributed by atoms with Gasteiger partial charge in [-0.05, 0) is 55.2 Å². The summed E-state index contributed by atoms with van der Waals surface area (Å²) in [6, 6.07) is 8.12. The van der Waals surface area contributed by atoms with Crippen LogP contribution in [0.4, 0.5) is 5.69 Å². The predicted molar refractivity (Wildman–Crippen MR) is 116 cm³/mol.